The van der Waals surface area contributed by atoms with Crippen molar-refractivity contribution in [3.63, 3.8) is 0 Å². The van der Waals surface area contributed by atoms with Crippen LogP contribution >= 0.6 is 22.6 Å². The van der Waals surface area contributed by atoms with E-state index in [4.69, 9.17) is 0 Å². The highest BCUT2D eigenvalue weighted by Crippen LogP contribution is 2.24. The number of fused-ring (bicyclic) bond motifs is 1. The maximum atomic E-state index is 13.2. The number of H-pyrrole nitrogens is 1. The Morgan fingerprint density at radius 1 is 1.47 bits per heavy atom. The van der Waals surface area contributed by atoms with Gasteiger partial charge in [-0.2, -0.15) is 0 Å². The number of rotatable bonds is 4. The van der Waals surface area contributed by atoms with Crippen molar-refractivity contribution < 1.29 is 9.18 Å². The molecule has 2 N–H and O–H groups in total. The summed E-state index contributed by atoms with van der Waals surface area (Å²) in [5, 5.41) is 3.62. The Labute approximate surface area is 125 Å². The lowest BCUT2D eigenvalue weighted by molar-refractivity contribution is 0.0947. The van der Waals surface area contributed by atoms with Crippen LogP contribution in [-0.4, -0.2) is 17.4 Å². The molecule has 0 spiro atoms. The largest absolute Gasteiger partial charge is 0.351 e. The topological polar surface area (TPSA) is 44.9 Å². The molecule has 0 saturated heterocycles. The molecule has 2 rings (SSSR count). The molecular weight excluding hydrogens is 358 g/mol. The molecule has 102 valence electrons. The highest BCUT2D eigenvalue weighted by Gasteiger charge is 2.15. The second kappa shape index (κ2) is 5.90. The van der Waals surface area contributed by atoms with E-state index in [0.29, 0.717) is 18.2 Å². The lowest BCUT2D eigenvalue weighted by atomic mass is 10.1. The van der Waals surface area contributed by atoms with Crippen molar-refractivity contribution in [3.8, 4) is 0 Å². The monoisotopic (exact) mass is 374 g/mol. The summed E-state index contributed by atoms with van der Waals surface area (Å²) in [6.07, 6.45) is 0.942. The van der Waals surface area contributed by atoms with Crippen LogP contribution < -0.4 is 5.32 Å². The number of carbonyl (C=O) groups is 1. The first-order chi connectivity index (χ1) is 8.99. The SMILES string of the molecule is CC(C)CCNC(=O)c1[nH]c2ccc(F)cc2c1I. The number of hydrogen-bond acceptors (Lipinski definition) is 1. The van der Waals surface area contributed by atoms with Gasteiger partial charge in [-0.25, -0.2) is 4.39 Å². The number of halogens is 2. The molecule has 5 heteroatoms. The number of hydrogen-bond donors (Lipinski definition) is 2. The van der Waals surface area contributed by atoms with Crippen LogP contribution in [0.2, 0.25) is 0 Å². The van der Waals surface area contributed by atoms with E-state index in [1.807, 2.05) is 0 Å². The third-order valence-corrected chi connectivity index (χ3v) is 4.05. The molecule has 0 fully saturated rings. The Hall–Kier alpha value is -1.11. The Bertz CT molecular complexity index is 607. The third kappa shape index (κ3) is 3.26. The minimum Gasteiger partial charge on any atom is -0.351 e. The molecule has 0 aliphatic rings. The lowest BCUT2D eigenvalue weighted by Crippen LogP contribution is -2.26. The van der Waals surface area contributed by atoms with Crippen LogP contribution in [0, 0.1) is 15.3 Å². The summed E-state index contributed by atoms with van der Waals surface area (Å²) in [5.74, 6) is 0.119. The van der Waals surface area contributed by atoms with Crippen molar-refractivity contribution >= 4 is 39.4 Å². The van der Waals surface area contributed by atoms with Crippen molar-refractivity contribution in [1.29, 1.82) is 0 Å². The first-order valence-corrected chi connectivity index (χ1v) is 7.32. The predicted molar refractivity (Wildman–Crippen MR) is 82.8 cm³/mol. The van der Waals surface area contributed by atoms with E-state index in [-0.39, 0.29) is 11.7 Å². The molecule has 1 heterocycles. The molecule has 19 heavy (non-hydrogen) atoms. The first kappa shape index (κ1) is 14.3. The second-order valence-corrected chi connectivity index (χ2v) is 6.02. The predicted octanol–water partition coefficient (Wildman–Crippen LogP) is 3.69. The van der Waals surface area contributed by atoms with Crippen molar-refractivity contribution in [2.45, 2.75) is 20.3 Å². The van der Waals surface area contributed by atoms with Crippen LogP contribution in [0.5, 0.6) is 0 Å². The van der Waals surface area contributed by atoms with Gasteiger partial charge in [-0.3, -0.25) is 4.79 Å². The van der Waals surface area contributed by atoms with Gasteiger partial charge in [-0.05, 0) is 53.1 Å². The van der Waals surface area contributed by atoms with Gasteiger partial charge < -0.3 is 10.3 Å². The number of amides is 1. The maximum Gasteiger partial charge on any atom is 0.268 e. The molecule has 0 aliphatic heterocycles. The zero-order valence-corrected chi connectivity index (χ0v) is 13.0. The average molecular weight is 374 g/mol. The number of carbonyl (C=O) groups excluding carboxylic acids is 1. The van der Waals surface area contributed by atoms with Gasteiger partial charge in [0.05, 0.1) is 3.57 Å². The highest BCUT2D eigenvalue weighted by atomic mass is 127. The van der Waals surface area contributed by atoms with Gasteiger partial charge >= 0.3 is 0 Å². The molecule has 0 unspecified atom stereocenters. The highest BCUT2D eigenvalue weighted by molar-refractivity contribution is 14.1. The van der Waals surface area contributed by atoms with E-state index in [1.165, 1.54) is 12.1 Å². The van der Waals surface area contributed by atoms with E-state index < -0.39 is 0 Å². The minimum absolute atomic E-state index is 0.137. The van der Waals surface area contributed by atoms with Gasteiger partial charge in [-0.15, -0.1) is 0 Å². The normalized spacial score (nSPS) is 11.2. The third-order valence-electron chi connectivity index (χ3n) is 2.93. The van der Waals surface area contributed by atoms with Crippen molar-refractivity contribution in [1.82, 2.24) is 10.3 Å². The molecule has 1 aromatic heterocycles. The summed E-state index contributed by atoms with van der Waals surface area (Å²) < 4.78 is 14.0. The molecule has 2 aromatic rings. The van der Waals surface area contributed by atoms with Gasteiger partial charge in [0.25, 0.3) is 5.91 Å². The summed E-state index contributed by atoms with van der Waals surface area (Å²) >= 11 is 2.07. The molecule has 0 bridgehead atoms. The summed E-state index contributed by atoms with van der Waals surface area (Å²) in [5.41, 5.74) is 1.28. The average Bonchev–Trinajstić information content (AvgIpc) is 2.66. The first-order valence-electron chi connectivity index (χ1n) is 6.24. The van der Waals surface area contributed by atoms with E-state index in [9.17, 15) is 9.18 Å². The summed E-state index contributed by atoms with van der Waals surface area (Å²) in [6, 6.07) is 4.48. The lowest BCUT2D eigenvalue weighted by Gasteiger charge is -2.06. The maximum absolute atomic E-state index is 13.2. The van der Waals surface area contributed by atoms with Crippen LogP contribution in [-0.2, 0) is 0 Å². The molecular formula is C14H16FIN2O. The standard InChI is InChI=1S/C14H16FIN2O/c1-8(2)5-6-17-14(19)13-12(16)10-7-9(15)3-4-11(10)18-13/h3-4,7-8,18H,5-6H2,1-2H3,(H,17,19). The van der Waals surface area contributed by atoms with E-state index in [0.717, 1.165) is 20.9 Å². The summed E-state index contributed by atoms with van der Waals surface area (Å²) in [4.78, 5) is 15.1. The Morgan fingerprint density at radius 2 is 2.21 bits per heavy atom. The zero-order valence-electron chi connectivity index (χ0n) is 10.9. The molecule has 0 radical (unpaired) electrons. The molecule has 1 aromatic carbocycles. The number of benzene rings is 1. The van der Waals surface area contributed by atoms with Crippen LogP contribution in [0.25, 0.3) is 10.9 Å². The molecule has 3 nitrogen and oxygen atoms in total. The van der Waals surface area contributed by atoms with E-state index in [2.05, 4.69) is 46.7 Å². The number of aromatic amines is 1. The Kier molecular flexibility index (Phi) is 4.44. The number of nitrogens with one attached hydrogen (secondary N) is 2. The Balaban J connectivity index is 2.20. The number of aromatic nitrogens is 1. The molecule has 1 amide bonds. The van der Waals surface area contributed by atoms with Gasteiger partial charge in [0.15, 0.2) is 0 Å². The van der Waals surface area contributed by atoms with Crippen LogP contribution in [0.15, 0.2) is 18.2 Å². The smallest absolute Gasteiger partial charge is 0.268 e. The fourth-order valence-electron chi connectivity index (χ4n) is 1.85. The van der Waals surface area contributed by atoms with Crippen LogP contribution in [0.4, 0.5) is 4.39 Å². The van der Waals surface area contributed by atoms with Gasteiger partial charge in [0, 0.05) is 17.4 Å². The van der Waals surface area contributed by atoms with Crippen molar-refractivity contribution in [3.05, 3.63) is 33.3 Å². The van der Waals surface area contributed by atoms with E-state index in [1.54, 1.807) is 6.07 Å². The second-order valence-electron chi connectivity index (χ2n) is 4.94. The van der Waals surface area contributed by atoms with E-state index >= 15 is 0 Å². The fraction of sp³-hybridized carbons (Fsp3) is 0.357. The fourth-order valence-corrected chi connectivity index (χ4v) is 2.68. The summed E-state index contributed by atoms with van der Waals surface area (Å²) in [6.45, 7) is 4.87. The summed E-state index contributed by atoms with van der Waals surface area (Å²) in [7, 11) is 0. The van der Waals surface area contributed by atoms with Crippen molar-refractivity contribution in [2.24, 2.45) is 5.92 Å². The van der Waals surface area contributed by atoms with Gasteiger partial charge in [0.1, 0.15) is 11.5 Å². The zero-order chi connectivity index (χ0) is 14.0. The van der Waals surface area contributed by atoms with Crippen molar-refractivity contribution in [2.75, 3.05) is 6.54 Å². The van der Waals surface area contributed by atoms with Crippen LogP contribution in [0.1, 0.15) is 30.8 Å². The molecule has 0 saturated carbocycles. The molecule has 0 atom stereocenters. The van der Waals surface area contributed by atoms with Crippen LogP contribution in [0.3, 0.4) is 0 Å². The van der Waals surface area contributed by atoms with Gasteiger partial charge in [-0.1, -0.05) is 13.8 Å². The Morgan fingerprint density at radius 3 is 2.89 bits per heavy atom. The quantitative estimate of drug-likeness (QED) is 0.788. The minimum atomic E-state index is -0.295. The molecule has 0 aliphatic carbocycles. The van der Waals surface area contributed by atoms with Gasteiger partial charge in [0.2, 0.25) is 0 Å².